The number of aromatic amines is 1. The summed E-state index contributed by atoms with van der Waals surface area (Å²) in [6, 6.07) is 21.0. The molecule has 0 fully saturated rings. The lowest BCUT2D eigenvalue weighted by Gasteiger charge is -2.18. The van der Waals surface area contributed by atoms with Crippen molar-refractivity contribution in [2.75, 3.05) is 7.05 Å². The van der Waals surface area contributed by atoms with Gasteiger partial charge < -0.3 is 4.98 Å². The number of hydrogen-bond donors (Lipinski definition) is 1. The lowest BCUT2D eigenvalue weighted by atomic mass is 9.99. The molecule has 0 atom stereocenters. The zero-order chi connectivity index (χ0) is 26.9. The fraction of sp³-hybridized carbons (Fsp3) is 0.133. The molecule has 194 valence electrons. The minimum absolute atomic E-state index is 0.507. The van der Waals surface area contributed by atoms with Crippen LogP contribution in [0, 0.1) is 18.6 Å². The zero-order valence-electron chi connectivity index (χ0n) is 21.4. The predicted octanol–water partition coefficient (Wildman–Crippen LogP) is 6.07. The molecule has 4 aromatic heterocycles. The smallest absolute Gasteiger partial charge is 0.155 e. The molecular weight excluding hydrogens is 496 g/mol. The van der Waals surface area contributed by atoms with Crippen LogP contribution < -0.4 is 0 Å². The summed E-state index contributed by atoms with van der Waals surface area (Å²) in [6.07, 6.45) is 3.42. The van der Waals surface area contributed by atoms with Gasteiger partial charge in [0.25, 0.3) is 0 Å². The van der Waals surface area contributed by atoms with Gasteiger partial charge in [-0.25, -0.2) is 23.3 Å². The topological polar surface area (TPSA) is 75.0 Å². The summed E-state index contributed by atoms with van der Waals surface area (Å²) >= 11 is 0. The molecule has 6 rings (SSSR count). The minimum atomic E-state index is -0.599. The maximum atomic E-state index is 13.9. The van der Waals surface area contributed by atoms with Crippen molar-refractivity contribution in [3.8, 4) is 33.8 Å². The van der Waals surface area contributed by atoms with E-state index in [2.05, 4.69) is 20.0 Å². The molecule has 39 heavy (non-hydrogen) atoms. The van der Waals surface area contributed by atoms with E-state index >= 15 is 0 Å². The third-order valence-corrected chi connectivity index (χ3v) is 6.50. The molecule has 0 aliphatic rings. The van der Waals surface area contributed by atoms with Crippen LogP contribution in [0.2, 0.25) is 0 Å². The number of benzene rings is 2. The average Bonchev–Trinajstić information content (AvgIpc) is 3.55. The van der Waals surface area contributed by atoms with Crippen LogP contribution in [-0.4, -0.2) is 41.5 Å². The molecule has 0 amide bonds. The van der Waals surface area contributed by atoms with Crippen molar-refractivity contribution >= 4 is 5.65 Å². The van der Waals surface area contributed by atoms with Crippen LogP contribution in [0.15, 0.2) is 85.3 Å². The van der Waals surface area contributed by atoms with Gasteiger partial charge in [0.15, 0.2) is 5.65 Å². The van der Waals surface area contributed by atoms with Gasteiger partial charge in [-0.3, -0.25) is 9.88 Å². The Morgan fingerprint density at radius 2 is 1.69 bits per heavy atom. The quantitative estimate of drug-likeness (QED) is 0.276. The van der Waals surface area contributed by atoms with Gasteiger partial charge in [-0.2, -0.15) is 5.10 Å². The molecule has 0 saturated heterocycles. The maximum absolute atomic E-state index is 13.9. The molecule has 6 aromatic rings. The molecule has 1 N–H and O–H groups in total. The number of rotatable bonds is 7. The number of nitrogens with one attached hydrogen (secondary N) is 1. The Morgan fingerprint density at radius 1 is 0.872 bits per heavy atom. The highest BCUT2D eigenvalue weighted by Crippen LogP contribution is 2.31. The standard InChI is InChI=1S/C30H25F2N7/c1-19-6-5-9-26(35-19)30-29(21-10-11-28-33-18-34-39(28)16-21)36-27(37-30)17-38(2)15-20-7-3-4-8-25(20)22-12-23(31)14-24(32)13-22/h3-14,16,18H,15,17H2,1-2H3,(H,36,37). The molecular formula is C30H25F2N7. The van der Waals surface area contributed by atoms with Crippen LogP contribution in [0.4, 0.5) is 8.78 Å². The molecule has 0 aliphatic heterocycles. The second kappa shape index (κ2) is 10.2. The number of H-pyrrole nitrogens is 1. The van der Waals surface area contributed by atoms with Gasteiger partial charge in [0, 0.05) is 30.1 Å². The Bertz CT molecular complexity index is 1770. The number of nitrogens with zero attached hydrogens (tertiary/aromatic N) is 6. The van der Waals surface area contributed by atoms with E-state index in [1.807, 2.05) is 74.8 Å². The number of pyridine rings is 2. The Kier molecular flexibility index (Phi) is 6.42. The molecule has 7 nitrogen and oxygen atoms in total. The van der Waals surface area contributed by atoms with E-state index in [-0.39, 0.29) is 0 Å². The Hall–Kier alpha value is -4.76. The number of imidazole rings is 1. The van der Waals surface area contributed by atoms with Crippen molar-refractivity contribution in [2.24, 2.45) is 0 Å². The summed E-state index contributed by atoms with van der Waals surface area (Å²) in [4.78, 5) is 19.5. The molecule has 9 heteroatoms. The molecule has 0 unspecified atom stereocenters. The van der Waals surface area contributed by atoms with Gasteiger partial charge in [0.1, 0.15) is 23.8 Å². The van der Waals surface area contributed by atoms with Crippen LogP contribution in [0.25, 0.3) is 39.4 Å². The van der Waals surface area contributed by atoms with E-state index in [4.69, 9.17) is 9.97 Å². The first kappa shape index (κ1) is 24.6. The number of halogens is 2. The second-order valence-corrected chi connectivity index (χ2v) is 9.54. The normalized spacial score (nSPS) is 11.5. The Morgan fingerprint density at radius 3 is 2.51 bits per heavy atom. The van der Waals surface area contributed by atoms with Gasteiger partial charge in [0.2, 0.25) is 0 Å². The summed E-state index contributed by atoms with van der Waals surface area (Å²) in [5, 5.41) is 4.26. The van der Waals surface area contributed by atoms with Crippen LogP contribution in [-0.2, 0) is 13.1 Å². The summed E-state index contributed by atoms with van der Waals surface area (Å²) in [7, 11) is 1.98. The highest BCUT2D eigenvalue weighted by Gasteiger charge is 2.18. The molecule has 2 aromatic carbocycles. The average molecular weight is 522 g/mol. The molecule has 0 aliphatic carbocycles. The zero-order valence-corrected chi connectivity index (χ0v) is 21.4. The van der Waals surface area contributed by atoms with Gasteiger partial charge in [-0.15, -0.1) is 0 Å². The van der Waals surface area contributed by atoms with Crippen molar-refractivity contribution in [3.05, 3.63) is 114 Å². The van der Waals surface area contributed by atoms with Crippen LogP contribution in [0.1, 0.15) is 17.1 Å². The fourth-order valence-corrected chi connectivity index (χ4v) is 4.78. The fourth-order valence-electron chi connectivity index (χ4n) is 4.78. The third kappa shape index (κ3) is 5.17. The first-order chi connectivity index (χ1) is 18.9. The summed E-state index contributed by atoms with van der Waals surface area (Å²) in [5.74, 6) is -0.436. The Labute approximate surface area is 223 Å². The van der Waals surface area contributed by atoms with Crippen molar-refractivity contribution < 1.29 is 8.78 Å². The number of fused-ring (bicyclic) bond motifs is 1. The lowest BCUT2D eigenvalue weighted by molar-refractivity contribution is 0.312. The summed E-state index contributed by atoms with van der Waals surface area (Å²) in [5.41, 5.74) is 7.17. The van der Waals surface area contributed by atoms with Gasteiger partial charge in [-0.05, 0) is 67.1 Å². The van der Waals surface area contributed by atoms with E-state index < -0.39 is 11.6 Å². The van der Waals surface area contributed by atoms with E-state index in [0.717, 1.165) is 57.0 Å². The van der Waals surface area contributed by atoms with Crippen LogP contribution >= 0.6 is 0 Å². The number of hydrogen-bond acceptors (Lipinski definition) is 5. The summed E-state index contributed by atoms with van der Waals surface area (Å²) < 4.78 is 29.6. The molecule has 4 heterocycles. The van der Waals surface area contributed by atoms with Crippen molar-refractivity contribution in [1.82, 2.24) is 34.4 Å². The van der Waals surface area contributed by atoms with Crippen molar-refractivity contribution in [2.45, 2.75) is 20.0 Å². The minimum Gasteiger partial charge on any atom is -0.339 e. The van der Waals surface area contributed by atoms with Gasteiger partial charge >= 0.3 is 0 Å². The first-order valence-electron chi connectivity index (χ1n) is 12.5. The van der Waals surface area contributed by atoms with E-state index in [1.165, 1.54) is 18.5 Å². The SMILES string of the molecule is Cc1cccc(-c2[nH]c(CN(C)Cc3ccccc3-c3cc(F)cc(F)c3)nc2-c2ccc3ncnn3c2)n1. The highest BCUT2D eigenvalue weighted by atomic mass is 19.1. The molecule has 0 radical (unpaired) electrons. The number of aromatic nitrogens is 6. The number of aryl methyl sites for hydroxylation is 1. The second-order valence-electron chi connectivity index (χ2n) is 9.54. The molecule has 0 saturated carbocycles. The largest absolute Gasteiger partial charge is 0.339 e. The first-order valence-corrected chi connectivity index (χ1v) is 12.5. The molecule has 0 spiro atoms. The monoisotopic (exact) mass is 521 g/mol. The summed E-state index contributed by atoms with van der Waals surface area (Å²) in [6.45, 7) is 3.02. The van der Waals surface area contributed by atoms with Crippen LogP contribution in [0.3, 0.4) is 0 Å². The van der Waals surface area contributed by atoms with Crippen LogP contribution in [0.5, 0.6) is 0 Å². The van der Waals surface area contributed by atoms with Crippen molar-refractivity contribution in [3.63, 3.8) is 0 Å². The van der Waals surface area contributed by atoms with E-state index in [1.54, 1.807) is 4.52 Å². The molecule has 0 bridgehead atoms. The Balaban J connectivity index is 1.32. The van der Waals surface area contributed by atoms with E-state index in [0.29, 0.717) is 18.7 Å². The maximum Gasteiger partial charge on any atom is 0.155 e. The lowest BCUT2D eigenvalue weighted by Crippen LogP contribution is -2.18. The predicted molar refractivity (Wildman–Crippen MR) is 146 cm³/mol. The van der Waals surface area contributed by atoms with Gasteiger partial charge in [-0.1, -0.05) is 30.3 Å². The highest BCUT2D eigenvalue weighted by molar-refractivity contribution is 5.77. The van der Waals surface area contributed by atoms with Gasteiger partial charge in [0.05, 0.1) is 23.6 Å². The third-order valence-electron chi connectivity index (χ3n) is 6.50. The van der Waals surface area contributed by atoms with E-state index in [9.17, 15) is 8.78 Å². The van der Waals surface area contributed by atoms with Crippen molar-refractivity contribution in [1.29, 1.82) is 0 Å².